The molecular formula is C7H13NO2. The van der Waals surface area contributed by atoms with E-state index in [1.54, 1.807) is 0 Å². The van der Waals surface area contributed by atoms with Crippen molar-refractivity contribution >= 4 is 0 Å². The molecule has 2 rings (SSSR count). The number of aliphatic hydroxyl groups is 1. The van der Waals surface area contributed by atoms with Crippen LogP contribution < -0.4 is 5.32 Å². The Hall–Kier alpha value is -0.120. The highest BCUT2D eigenvalue weighted by atomic mass is 16.5. The van der Waals surface area contributed by atoms with Crippen LogP contribution in [0.2, 0.25) is 0 Å². The number of ether oxygens (including phenoxy) is 1. The first-order valence-electron chi connectivity index (χ1n) is 3.82. The fourth-order valence-electron chi connectivity index (χ4n) is 1.89. The Kier molecular flexibility index (Phi) is 1.44. The normalized spacial score (nSPS) is 44.7. The zero-order valence-corrected chi connectivity index (χ0v) is 5.97. The molecule has 2 bridgehead atoms. The fourth-order valence-corrected chi connectivity index (χ4v) is 1.89. The van der Waals surface area contributed by atoms with E-state index in [0.29, 0.717) is 6.10 Å². The second-order valence-corrected chi connectivity index (χ2v) is 3.27. The first-order valence-corrected chi connectivity index (χ1v) is 3.82. The lowest BCUT2D eigenvalue weighted by Gasteiger charge is -2.25. The molecule has 2 saturated heterocycles. The SMILES string of the molecule is OCC[C@]12CO[C@H](CN1)C2. The van der Waals surface area contributed by atoms with Crippen molar-refractivity contribution in [2.45, 2.75) is 24.5 Å². The van der Waals surface area contributed by atoms with Gasteiger partial charge in [-0.15, -0.1) is 0 Å². The summed E-state index contributed by atoms with van der Waals surface area (Å²) in [7, 11) is 0. The Bertz CT molecular complexity index is 130. The monoisotopic (exact) mass is 143 g/mol. The van der Waals surface area contributed by atoms with Gasteiger partial charge in [0.1, 0.15) is 0 Å². The van der Waals surface area contributed by atoms with Gasteiger partial charge in [-0.3, -0.25) is 0 Å². The van der Waals surface area contributed by atoms with Crippen molar-refractivity contribution in [1.82, 2.24) is 5.32 Å². The van der Waals surface area contributed by atoms with Crippen molar-refractivity contribution in [3.8, 4) is 0 Å². The average Bonchev–Trinajstić information content (AvgIpc) is 2.46. The molecule has 0 saturated carbocycles. The highest BCUT2D eigenvalue weighted by Gasteiger charge is 2.45. The Morgan fingerprint density at radius 2 is 2.60 bits per heavy atom. The molecule has 0 aromatic carbocycles. The van der Waals surface area contributed by atoms with Gasteiger partial charge in [-0.05, 0) is 12.8 Å². The van der Waals surface area contributed by atoms with Gasteiger partial charge in [0.05, 0.1) is 12.7 Å². The Balaban J connectivity index is 2.01. The van der Waals surface area contributed by atoms with E-state index in [2.05, 4.69) is 5.32 Å². The smallest absolute Gasteiger partial charge is 0.0719 e. The molecule has 3 heteroatoms. The summed E-state index contributed by atoms with van der Waals surface area (Å²) in [5.41, 5.74) is 0.138. The second-order valence-electron chi connectivity index (χ2n) is 3.27. The summed E-state index contributed by atoms with van der Waals surface area (Å²) in [6.07, 6.45) is 2.35. The van der Waals surface area contributed by atoms with Crippen molar-refractivity contribution in [1.29, 1.82) is 0 Å². The molecule has 2 atom stereocenters. The lowest BCUT2D eigenvalue weighted by molar-refractivity contribution is 0.0631. The molecule has 0 aromatic rings. The highest BCUT2D eigenvalue weighted by Crippen LogP contribution is 2.32. The van der Waals surface area contributed by atoms with Gasteiger partial charge < -0.3 is 15.2 Å². The van der Waals surface area contributed by atoms with E-state index in [1.165, 1.54) is 0 Å². The van der Waals surface area contributed by atoms with Crippen LogP contribution in [0.15, 0.2) is 0 Å². The lowest BCUT2D eigenvalue weighted by Crippen LogP contribution is -2.45. The summed E-state index contributed by atoms with van der Waals surface area (Å²) < 4.78 is 5.43. The standard InChI is InChI=1S/C7H13NO2/c9-2-1-7-3-6(4-8-7)10-5-7/h6,8-9H,1-5H2/t6-,7-/m0/s1. The van der Waals surface area contributed by atoms with Gasteiger partial charge in [-0.25, -0.2) is 0 Å². The van der Waals surface area contributed by atoms with Crippen LogP contribution in [0, 0.1) is 0 Å². The van der Waals surface area contributed by atoms with E-state index in [4.69, 9.17) is 9.84 Å². The van der Waals surface area contributed by atoms with E-state index in [1.807, 2.05) is 0 Å². The van der Waals surface area contributed by atoms with Crippen molar-refractivity contribution in [2.75, 3.05) is 19.8 Å². The largest absolute Gasteiger partial charge is 0.396 e. The molecule has 2 aliphatic rings. The molecule has 2 heterocycles. The van der Waals surface area contributed by atoms with Crippen LogP contribution >= 0.6 is 0 Å². The van der Waals surface area contributed by atoms with Gasteiger partial charge in [0.2, 0.25) is 0 Å². The predicted molar refractivity (Wildman–Crippen MR) is 36.8 cm³/mol. The maximum absolute atomic E-state index is 8.75. The summed E-state index contributed by atoms with van der Waals surface area (Å²) in [5, 5.41) is 12.1. The zero-order chi connectivity index (χ0) is 7.03. The summed E-state index contributed by atoms with van der Waals surface area (Å²) in [6, 6.07) is 0. The Morgan fingerprint density at radius 3 is 3.00 bits per heavy atom. The molecule has 2 aliphatic heterocycles. The highest BCUT2D eigenvalue weighted by molar-refractivity contribution is 5.02. The van der Waals surface area contributed by atoms with E-state index in [-0.39, 0.29) is 12.1 Å². The molecule has 0 aliphatic carbocycles. The molecular weight excluding hydrogens is 130 g/mol. The number of aliphatic hydroxyl groups excluding tert-OH is 1. The van der Waals surface area contributed by atoms with Crippen LogP contribution in [0.1, 0.15) is 12.8 Å². The van der Waals surface area contributed by atoms with Crippen LogP contribution in [-0.2, 0) is 4.74 Å². The molecule has 0 unspecified atom stereocenters. The average molecular weight is 143 g/mol. The summed E-state index contributed by atoms with van der Waals surface area (Å²) >= 11 is 0. The first-order chi connectivity index (χ1) is 4.85. The van der Waals surface area contributed by atoms with Gasteiger partial charge in [0.25, 0.3) is 0 Å². The number of hydrogen-bond acceptors (Lipinski definition) is 3. The molecule has 2 N–H and O–H groups in total. The van der Waals surface area contributed by atoms with Gasteiger partial charge in [0, 0.05) is 18.7 Å². The maximum atomic E-state index is 8.75. The summed E-state index contributed by atoms with van der Waals surface area (Å²) in [4.78, 5) is 0. The number of rotatable bonds is 2. The third-order valence-corrected chi connectivity index (χ3v) is 2.51. The van der Waals surface area contributed by atoms with Crippen LogP contribution in [0.5, 0.6) is 0 Å². The van der Waals surface area contributed by atoms with Gasteiger partial charge in [0.15, 0.2) is 0 Å². The second kappa shape index (κ2) is 2.19. The molecule has 0 aromatic heterocycles. The molecule has 0 amide bonds. The zero-order valence-electron chi connectivity index (χ0n) is 5.97. The fraction of sp³-hybridized carbons (Fsp3) is 1.00. The van der Waals surface area contributed by atoms with Crippen molar-refractivity contribution in [3.63, 3.8) is 0 Å². The first kappa shape index (κ1) is 6.58. The van der Waals surface area contributed by atoms with Crippen LogP contribution in [0.3, 0.4) is 0 Å². The predicted octanol–water partition coefficient (Wildman–Crippen LogP) is -0.500. The third kappa shape index (κ3) is 0.856. The van der Waals surface area contributed by atoms with Crippen LogP contribution in [0.4, 0.5) is 0 Å². The lowest BCUT2D eigenvalue weighted by atomic mass is 9.97. The minimum absolute atomic E-state index is 0.138. The van der Waals surface area contributed by atoms with Gasteiger partial charge in [-0.2, -0.15) is 0 Å². The molecule has 58 valence electrons. The minimum atomic E-state index is 0.138. The molecule has 0 radical (unpaired) electrons. The van der Waals surface area contributed by atoms with Gasteiger partial charge in [-0.1, -0.05) is 0 Å². The topological polar surface area (TPSA) is 41.5 Å². The molecule has 10 heavy (non-hydrogen) atoms. The molecule has 0 spiro atoms. The van der Waals surface area contributed by atoms with Crippen molar-refractivity contribution in [2.24, 2.45) is 0 Å². The van der Waals surface area contributed by atoms with Gasteiger partial charge >= 0.3 is 0 Å². The number of fused-ring (bicyclic) bond motifs is 2. The number of hydrogen-bond donors (Lipinski definition) is 2. The molecule has 3 nitrogen and oxygen atoms in total. The Labute approximate surface area is 60.4 Å². The van der Waals surface area contributed by atoms with Crippen LogP contribution in [0.25, 0.3) is 0 Å². The third-order valence-electron chi connectivity index (χ3n) is 2.51. The summed E-state index contributed by atoms with van der Waals surface area (Å²) in [6.45, 7) is 2.03. The number of morpholine rings is 1. The quantitative estimate of drug-likeness (QED) is 0.547. The number of nitrogens with one attached hydrogen (secondary N) is 1. The maximum Gasteiger partial charge on any atom is 0.0719 e. The van der Waals surface area contributed by atoms with Crippen LogP contribution in [-0.4, -0.2) is 36.5 Å². The summed E-state index contributed by atoms with van der Waals surface area (Å²) in [5.74, 6) is 0. The minimum Gasteiger partial charge on any atom is -0.396 e. The van der Waals surface area contributed by atoms with E-state index >= 15 is 0 Å². The molecule has 2 fully saturated rings. The van der Waals surface area contributed by atoms with Crippen molar-refractivity contribution < 1.29 is 9.84 Å². The van der Waals surface area contributed by atoms with E-state index in [0.717, 1.165) is 26.0 Å². The van der Waals surface area contributed by atoms with E-state index in [9.17, 15) is 0 Å². The van der Waals surface area contributed by atoms with Crippen molar-refractivity contribution in [3.05, 3.63) is 0 Å². The van der Waals surface area contributed by atoms with E-state index < -0.39 is 0 Å². The Morgan fingerprint density at radius 1 is 1.70 bits per heavy atom.